The molecule has 2 aromatic rings. The van der Waals surface area contributed by atoms with E-state index in [0.29, 0.717) is 31.0 Å². The molecule has 0 N–H and O–H groups in total. The standard InChI is InChI=1S/C18H24F3N3O/c1-12(2)5-6-24-18(8-14(22-24)10-23(3)4)25-11-13-7-16(20)17(21)9-15(13)19/h7-9,12H,5-6,10-11H2,1-4H3. The van der Waals surface area contributed by atoms with Crippen molar-refractivity contribution >= 4 is 0 Å². The Kier molecular flexibility index (Phi) is 6.47. The third-order valence-electron chi connectivity index (χ3n) is 3.65. The van der Waals surface area contributed by atoms with Gasteiger partial charge in [0.2, 0.25) is 5.88 Å². The van der Waals surface area contributed by atoms with Crippen LogP contribution < -0.4 is 4.74 Å². The molecule has 0 saturated heterocycles. The van der Waals surface area contributed by atoms with Gasteiger partial charge in [-0.3, -0.25) is 0 Å². The second kappa shape index (κ2) is 8.38. The Morgan fingerprint density at radius 1 is 1.08 bits per heavy atom. The lowest BCUT2D eigenvalue weighted by molar-refractivity contribution is 0.262. The number of ether oxygens (including phenoxy) is 1. The molecule has 0 unspecified atom stereocenters. The van der Waals surface area contributed by atoms with Gasteiger partial charge < -0.3 is 9.64 Å². The first kappa shape index (κ1) is 19.3. The third-order valence-corrected chi connectivity index (χ3v) is 3.65. The highest BCUT2D eigenvalue weighted by molar-refractivity contribution is 5.21. The van der Waals surface area contributed by atoms with E-state index in [1.165, 1.54) is 0 Å². The fourth-order valence-electron chi connectivity index (χ4n) is 2.33. The van der Waals surface area contributed by atoms with Crippen molar-refractivity contribution in [3.05, 3.63) is 46.9 Å². The first-order valence-electron chi connectivity index (χ1n) is 8.24. The van der Waals surface area contributed by atoms with Gasteiger partial charge >= 0.3 is 0 Å². The van der Waals surface area contributed by atoms with Gasteiger partial charge in [0, 0.05) is 30.8 Å². The van der Waals surface area contributed by atoms with E-state index < -0.39 is 17.5 Å². The van der Waals surface area contributed by atoms with E-state index in [1.54, 1.807) is 10.7 Å². The zero-order valence-electron chi connectivity index (χ0n) is 15.0. The molecule has 1 heterocycles. The van der Waals surface area contributed by atoms with Gasteiger partial charge in [-0.15, -0.1) is 0 Å². The summed E-state index contributed by atoms with van der Waals surface area (Å²) in [4.78, 5) is 1.98. The summed E-state index contributed by atoms with van der Waals surface area (Å²) in [6, 6.07) is 3.14. The minimum atomic E-state index is -1.21. The maximum Gasteiger partial charge on any atom is 0.212 e. The molecule has 0 atom stereocenters. The quantitative estimate of drug-likeness (QED) is 0.671. The summed E-state index contributed by atoms with van der Waals surface area (Å²) < 4.78 is 47.4. The molecule has 0 amide bonds. The lowest BCUT2D eigenvalue weighted by Gasteiger charge is -2.11. The van der Waals surface area contributed by atoms with E-state index in [1.807, 2.05) is 19.0 Å². The fraction of sp³-hybridized carbons (Fsp3) is 0.500. The van der Waals surface area contributed by atoms with Crippen molar-refractivity contribution in [1.29, 1.82) is 0 Å². The molecule has 0 aliphatic heterocycles. The van der Waals surface area contributed by atoms with Crippen molar-refractivity contribution in [1.82, 2.24) is 14.7 Å². The van der Waals surface area contributed by atoms with Crippen LogP contribution >= 0.6 is 0 Å². The SMILES string of the molecule is CC(C)CCn1nc(CN(C)C)cc1OCc1cc(F)c(F)cc1F. The number of benzene rings is 1. The Bertz CT molecular complexity index is 714. The predicted molar refractivity (Wildman–Crippen MR) is 89.7 cm³/mol. The Balaban J connectivity index is 2.16. The summed E-state index contributed by atoms with van der Waals surface area (Å²) >= 11 is 0. The predicted octanol–water partition coefficient (Wildman–Crippen LogP) is 3.99. The number of hydrogen-bond acceptors (Lipinski definition) is 3. The first-order valence-corrected chi connectivity index (χ1v) is 8.24. The minimum Gasteiger partial charge on any atom is -0.473 e. The van der Waals surface area contributed by atoms with Crippen molar-refractivity contribution in [3.63, 3.8) is 0 Å². The molecule has 0 fully saturated rings. The van der Waals surface area contributed by atoms with E-state index in [0.717, 1.165) is 18.2 Å². The largest absolute Gasteiger partial charge is 0.473 e. The minimum absolute atomic E-state index is 0.0373. The third kappa shape index (κ3) is 5.49. The van der Waals surface area contributed by atoms with Crippen molar-refractivity contribution in [2.75, 3.05) is 14.1 Å². The van der Waals surface area contributed by atoms with Crippen LogP contribution in [0, 0.1) is 23.4 Å². The summed E-state index contributed by atoms with van der Waals surface area (Å²) in [5.74, 6) is -2.15. The van der Waals surface area contributed by atoms with Crippen LogP contribution in [0.5, 0.6) is 5.88 Å². The van der Waals surface area contributed by atoms with Gasteiger partial charge in [-0.05, 0) is 32.5 Å². The average Bonchev–Trinajstić information content (AvgIpc) is 2.88. The maximum absolute atomic E-state index is 13.7. The van der Waals surface area contributed by atoms with E-state index in [2.05, 4.69) is 18.9 Å². The zero-order chi connectivity index (χ0) is 18.6. The summed E-state index contributed by atoms with van der Waals surface area (Å²) in [6.07, 6.45) is 0.916. The van der Waals surface area contributed by atoms with Crippen molar-refractivity contribution < 1.29 is 17.9 Å². The van der Waals surface area contributed by atoms with Crippen LogP contribution in [-0.2, 0) is 19.7 Å². The van der Waals surface area contributed by atoms with Crippen molar-refractivity contribution in [2.24, 2.45) is 5.92 Å². The van der Waals surface area contributed by atoms with Gasteiger partial charge in [0.15, 0.2) is 11.6 Å². The molecular formula is C18H24F3N3O. The highest BCUT2D eigenvalue weighted by Gasteiger charge is 2.14. The number of halogens is 3. The van der Waals surface area contributed by atoms with Gasteiger partial charge in [0.05, 0.1) is 5.69 Å². The zero-order valence-corrected chi connectivity index (χ0v) is 15.0. The first-order chi connectivity index (χ1) is 11.8. The second-order valence-corrected chi connectivity index (χ2v) is 6.76. The maximum atomic E-state index is 13.7. The Hall–Kier alpha value is -2.02. The molecule has 0 spiro atoms. The molecule has 0 saturated carbocycles. The van der Waals surface area contributed by atoms with Gasteiger partial charge in [-0.25, -0.2) is 17.9 Å². The van der Waals surface area contributed by atoms with Crippen LogP contribution in [0.15, 0.2) is 18.2 Å². The Labute approximate surface area is 146 Å². The van der Waals surface area contributed by atoms with Crippen molar-refractivity contribution in [3.8, 4) is 5.88 Å². The van der Waals surface area contributed by atoms with E-state index >= 15 is 0 Å². The summed E-state index contributed by atoms with van der Waals surface area (Å²) in [6.45, 7) is 5.34. The number of rotatable bonds is 8. The monoisotopic (exact) mass is 355 g/mol. The van der Waals surface area contributed by atoms with E-state index in [4.69, 9.17) is 4.74 Å². The molecule has 2 rings (SSSR count). The molecule has 0 bridgehead atoms. The van der Waals surface area contributed by atoms with Gasteiger partial charge in [0.1, 0.15) is 12.4 Å². The van der Waals surface area contributed by atoms with Crippen LogP contribution in [-0.4, -0.2) is 28.8 Å². The molecule has 0 radical (unpaired) electrons. The average molecular weight is 355 g/mol. The highest BCUT2D eigenvalue weighted by atomic mass is 19.2. The van der Waals surface area contributed by atoms with Crippen LogP contribution in [0.1, 0.15) is 31.5 Å². The summed E-state index contributed by atoms with van der Waals surface area (Å²) in [5, 5.41) is 4.51. The van der Waals surface area contributed by atoms with E-state index in [-0.39, 0.29) is 12.2 Å². The summed E-state index contributed by atoms with van der Waals surface area (Å²) in [5.41, 5.74) is 0.791. The normalized spacial score (nSPS) is 11.6. The summed E-state index contributed by atoms with van der Waals surface area (Å²) in [7, 11) is 3.87. The second-order valence-electron chi connectivity index (χ2n) is 6.76. The Morgan fingerprint density at radius 2 is 1.76 bits per heavy atom. The molecule has 1 aromatic carbocycles. The van der Waals surface area contributed by atoms with Crippen LogP contribution in [0.2, 0.25) is 0 Å². The fourth-order valence-corrected chi connectivity index (χ4v) is 2.33. The van der Waals surface area contributed by atoms with Crippen LogP contribution in [0.3, 0.4) is 0 Å². The van der Waals surface area contributed by atoms with Gasteiger partial charge in [0.25, 0.3) is 0 Å². The lowest BCUT2D eigenvalue weighted by Crippen LogP contribution is -2.12. The molecule has 0 aliphatic rings. The molecule has 1 aromatic heterocycles. The number of aryl methyl sites for hydroxylation is 1. The molecule has 25 heavy (non-hydrogen) atoms. The Morgan fingerprint density at radius 3 is 2.40 bits per heavy atom. The van der Waals surface area contributed by atoms with E-state index in [9.17, 15) is 13.2 Å². The molecular weight excluding hydrogens is 331 g/mol. The van der Waals surface area contributed by atoms with Crippen LogP contribution in [0.25, 0.3) is 0 Å². The topological polar surface area (TPSA) is 30.3 Å². The lowest BCUT2D eigenvalue weighted by atomic mass is 10.1. The smallest absolute Gasteiger partial charge is 0.212 e. The number of nitrogens with zero attached hydrogens (tertiary/aromatic N) is 3. The van der Waals surface area contributed by atoms with Crippen LogP contribution in [0.4, 0.5) is 13.2 Å². The molecule has 4 nitrogen and oxygen atoms in total. The van der Waals surface area contributed by atoms with Gasteiger partial charge in [-0.1, -0.05) is 13.8 Å². The molecule has 0 aliphatic carbocycles. The molecule has 138 valence electrons. The highest BCUT2D eigenvalue weighted by Crippen LogP contribution is 2.20. The number of aromatic nitrogens is 2. The van der Waals surface area contributed by atoms with Crippen molar-refractivity contribution in [2.45, 2.75) is 40.0 Å². The number of hydrogen-bond donors (Lipinski definition) is 0. The van der Waals surface area contributed by atoms with Gasteiger partial charge in [-0.2, -0.15) is 5.10 Å². The molecule has 7 heteroatoms.